The first-order chi connectivity index (χ1) is 12.6. The zero-order valence-electron chi connectivity index (χ0n) is 14.8. The van der Waals surface area contributed by atoms with Gasteiger partial charge in [-0.3, -0.25) is 9.59 Å². The number of hydrogen-bond acceptors (Lipinski definition) is 8. The number of benzene rings is 1. The van der Waals surface area contributed by atoms with Gasteiger partial charge in [0, 0.05) is 31.7 Å². The fourth-order valence-electron chi connectivity index (χ4n) is 2.12. The van der Waals surface area contributed by atoms with E-state index >= 15 is 0 Å². The summed E-state index contributed by atoms with van der Waals surface area (Å²) in [6, 6.07) is 7.50. The summed E-state index contributed by atoms with van der Waals surface area (Å²) < 4.78 is 0. The Kier molecular flexibility index (Phi) is 8.49. The van der Waals surface area contributed by atoms with Gasteiger partial charge in [0.25, 0.3) is 0 Å². The van der Waals surface area contributed by atoms with Crippen molar-refractivity contribution >= 4 is 45.9 Å². The van der Waals surface area contributed by atoms with Crippen LogP contribution in [0, 0.1) is 0 Å². The molecule has 1 aliphatic rings. The van der Waals surface area contributed by atoms with E-state index in [0.29, 0.717) is 12.3 Å². The molecule has 2 rings (SSSR count). The van der Waals surface area contributed by atoms with Gasteiger partial charge in [-0.2, -0.15) is 10.2 Å². The minimum Gasteiger partial charge on any atom is -0.382 e. The molecule has 1 atom stereocenters. The van der Waals surface area contributed by atoms with Gasteiger partial charge in [-0.25, -0.2) is 0 Å². The lowest BCUT2D eigenvalue weighted by Crippen LogP contribution is -2.41. The van der Waals surface area contributed by atoms with Crippen molar-refractivity contribution in [2.24, 2.45) is 10.2 Å². The fraction of sp³-hybridized carbons (Fsp3) is 0.412. The van der Waals surface area contributed by atoms with Crippen LogP contribution < -0.4 is 15.5 Å². The van der Waals surface area contributed by atoms with Gasteiger partial charge in [-0.15, -0.1) is 11.8 Å². The van der Waals surface area contributed by atoms with Crippen molar-refractivity contribution in [1.29, 1.82) is 0 Å². The molecule has 1 fully saturated rings. The molecule has 1 saturated heterocycles. The van der Waals surface area contributed by atoms with Crippen molar-refractivity contribution in [1.82, 2.24) is 10.6 Å². The Morgan fingerprint density at radius 3 is 2.81 bits per heavy atom. The van der Waals surface area contributed by atoms with Crippen molar-refractivity contribution in [3.63, 3.8) is 0 Å². The van der Waals surface area contributed by atoms with Crippen LogP contribution in [0.4, 0.5) is 11.4 Å². The minimum atomic E-state index is -0.333. The molecular formula is C17H23N5O2S2. The summed E-state index contributed by atoms with van der Waals surface area (Å²) in [5, 5.41) is 15.7. The van der Waals surface area contributed by atoms with Crippen LogP contribution in [-0.4, -0.2) is 49.3 Å². The topological polar surface area (TPSA) is 86.2 Å². The van der Waals surface area contributed by atoms with E-state index in [-0.39, 0.29) is 23.6 Å². The summed E-state index contributed by atoms with van der Waals surface area (Å²) in [5.74, 6) is 1.09. The first-order valence-electron chi connectivity index (χ1n) is 8.17. The van der Waals surface area contributed by atoms with Gasteiger partial charge in [0.1, 0.15) is 5.88 Å². The Labute approximate surface area is 162 Å². The second-order valence-electron chi connectivity index (χ2n) is 5.71. The number of amides is 1. The van der Waals surface area contributed by atoms with Gasteiger partial charge >= 0.3 is 0 Å². The third-order valence-corrected chi connectivity index (χ3v) is 5.10. The summed E-state index contributed by atoms with van der Waals surface area (Å²) in [5.41, 5.74) is 1.93. The van der Waals surface area contributed by atoms with E-state index in [2.05, 4.69) is 20.9 Å². The number of nitrogens with one attached hydrogen (secondary N) is 2. The van der Waals surface area contributed by atoms with Gasteiger partial charge in [0.15, 0.2) is 0 Å². The Bertz CT molecular complexity index is 662. The van der Waals surface area contributed by atoms with Crippen molar-refractivity contribution in [2.75, 3.05) is 37.2 Å². The standard InChI is InChI=1S/C17H23N5O2S2/c1-22(2)14-5-3-13(4-6-14)21-19-12-25-10-8-18-11-16(23)20-15-7-9-26-17(15)24/h3-6,8,10,15,18H,7,9,11-12H2,1-2H3,(H,20,23). The monoisotopic (exact) mass is 393 g/mol. The molecule has 1 heterocycles. The zero-order valence-corrected chi connectivity index (χ0v) is 16.5. The quantitative estimate of drug-likeness (QED) is 0.496. The van der Waals surface area contributed by atoms with Crippen LogP contribution in [0.1, 0.15) is 6.42 Å². The van der Waals surface area contributed by atoms with Crippen molar-refractivity contribution in [2.45, 2.75) is 12.5 Å². The molecule has 2 N–H and O–H groups in total. The maximum absolute atomic E-state index is 11.7. The third kappa shape index (κ3) is 7.09. The molecule has 0 aromatic heterocycles. The second-order valence-corrected chi connectivity index (χ2v) is 7.67. The average Bonchev–Trinajstić information content (AvgIpc) is 3.02. The SMILES string of the molecule is CN(C)c1ccc(N=NCSC=CNCC(=O)NC2CCSC2=O)cc1. The molecule has 26 heavy (non-hydrogen) atoms. The van der Waals surface area contributed by atoms with Crippen LogP contribution >= 0.6 is 23.5 Å². The van der Waals surface area contributed by atoms with E-state index in [1.54, 1.807) is 6.20 Å². The first-order valence-corrected chi connectivity index (χ1v) is 10.2. The van der Waals surface area contributed by atoms with Crippen LogP contribution in [0.2, 0.25) is 0 Å². The van der Waals surface area contributed by atoms with Gasteiger partial charge in [-0.05, 0) is 36.1 Å². The predicted molar refractivity (Wildman–Crippen MR) is 109 cm³/mol. The number of carbonyl (C=O) groups excluding carboxylic acids is 2. The molecule has 0 bridgehead atoms. The highest BCUT2D eigenvalue weighted by atomic mass is 32.2. The molecule has 1 amide bonds. The highest BCUT2D eigenvalue weighted by Gasteiger charge is 2.26. The van der Waals surface area contributed by atoms with Crippen molar-refractivity contribution < 1.29 is 9.59 Å². The first kappa shape index (κ1) is 20.3. The second kappa shape index (κ2) is 10.9. The predicted octanol–water partition coefficient (Wildman–Crippen LogP) is 2.74. The molecule has 7 nitrogen and oxygen atoms in total. The third-order valence-electron chi connectivity index (χ3n) is 3.50. The summed E-state index contributed by atoms with van der Waals surface area (Å²) in [6.45, 7) is 0.144. The Morgan fingerprint density at radius 2 is 2.15 bits per heavy atom. The molecule has 1 aromatic rings. The number of thioether (sulfide) groups is 2. The summed E-state index contributed by atoms with van der Waals surface area (Å²) in [7, 11) is 3.98. The number of nitrogens with zero attached hydrogens (tertiary/aromatic N) is 3. The minimum absolute atomic E-state index is 0.0474. The lowest BCUT2D eigenvalue weighted by Gasteiger charge is -2.11. The number of hydrogen-bond donors (Lipinski definition) is 2. The maximum atomic E-state index is 11.7. The van der Waals surface area contributed by atoms with E-state index in [1.807, 2.05) is 48.7 Å². The van der Waals surface area contributed by atoms with Crippen LogP contribution in [-0.2, 0) is 9.59 Å². The van der Waals surface area contributed by atoms with Crippen LogP contribution in [0.15, 0.2) is 46.1 Å². The number of azo groups is 1. The molecule has 1 aliphatic heterocycles. The molecular weight excluding hydrogens is 370 g/mol. The van der Waals surface area contributed by atoms with Crippen LogP contribution in [0.5, 0.6) is 0 Å². The van der Waals surface area contributed by atoms with Gasteiger partial charge in [0.05, 0.1) is 18.3 Å². The highest BCUT2D eigenvalue weighted by molar-refractivity contribution is 8.14. The van der Waals surface area contributed by atoms with Gasteiger partial charge < -0.3 is 15.5 Å². The van der Waals surface area contributed by atoms with E-state index in [9.17, 15) is 9.59 Å². The molecule has 9 heteroatoms. The van der Waals surface area contributed by atoms with Crippen molar-refractivity contribution in [3.05, 3.63) is 35.9 Å². The molecule has 1 unspecified atom stereocenters. The molecule has 0 spiro atoms. The van der Waals surface area contributed by atoms with Crippen LogP contribution in [0.25, 0.3) is 0 Å². The van der Waals surface area contributed by atoms with E-state index in [0.717, 1.165) is 17.1 Å². The highest BCUT2D eigenvalue weighted by Crippen LogP contribution is 2.19. The largest absolute Gasteiger partial charge is 0.382 e. The number of carbonyl (C=O) groups is 2. The molecule has 0 aliphatic carbocycles. The Balaban J connectivity index is 1.57. The van der Waals surface area contributed by atoms with E-state index in [4.69, 9.17) is 0 Å². The summed E-state index contributed by atoms with van der Waals surface area (Å²) in [4.78, 5) is 25.1. The smallest absolute Gasteiger partial charge is 0.239 e. The molecule has 0 saturated carbocycles. The molecule has 140 valence electrons. The molecule has 1 aromatic carbocycles. The molecule has 0 radical (unpaired) electrons. The van der Waals surface area contributed by atoms with Gasteiger partial charge in [-0.1, -0.05) is 11.8 Å². The normalized spacial score (nSPS) is 17.2. The fourth-order valence-corrected chi connectivity index (χ4v) is 3.46. The number of rotatable bonds is 9. The summed E-state index contributed by atoms with van der Waals surface area (Å²) >= 11 is 2.74. The van der Waals surface area contributed by atoms with Gasteiger partial charge in [0.2, 0.25) is 11.0 Å². The zero-order chi connectivity index (χ0) is 18.8. The summed E-state index contributed by atoms with van der Waals surface area (Å²) in [6.07, 6.45) is 2.40. The lowest BCUT2D eigenvalue weighted by atomic mass is 10.2. The lowest BCUT2D eigenvalue weighted by molar-refractivity contribution is -0.123. The number of anilines is 1. The Morgan fingerprint density at radius 1 is 1.38 bits per heavy atom. The maximum Gasteiger partial charge on any atom is 0.239 e. The van der Waals surface area contributed by atoms with E-state index in [1.165, 1.54) is 23.5 Å². The van der Waals surface area contributed by atoms with E-state index < -0.39 is 0 Å². The van der Waals surface area contributed by atoms with Crippen molar-refractivity contribution in [3.8, 4) is 0 Å². The van der Waals surface area contributed by atoms with Crippen LogP contribution in [0.3, 0.4) is 0 Å². The Hall–Kier alpha value is -2.00. The average molecular weight is 394 g/mol.